The maximum atomic E-state index is 6.02. The molecule has 0 aliphatic heterocycles. The maximum Gasteiger partial charge on any atom is 0.0333 e. The largest absolute Gasteiger partial charge is 0.264 e. The van der Waals surface area contributed by atoms with E-state index in [2.05, 4.69) is 18.0 Å². The first-order valence-electron chi connectivity index (χ1n) is 4.86. The molecule has 0 aromatic carbocycles. The molecule has 2 heteroatoms. The molecule has 0 radical (unpaired) electrons. The number of rotatable bonds is 5. The van der Waals surface area contributed by atoms with Crippen LogP contribution in [0.25, 0.3) is 0 Å². The van der Waals surface area contributed by atoms with E-state index < -0.39 is 0 Å². The van der Waals surface area contributed by atoms with E-state index >= 15 is 0 Å². The maximum absolute atomic E-state index is 6.02. The fraction of sp³-hybridized carbons (Fsp3) is 0.545. The molecule has 0 fully saturated rings. The van der Waals surface area contributed by atoms with Crippen LogP contribution in [-0.4, -0.2) is 10.4 Å². The lowest BCUT2D eigenvalue weighted by Crippen LogP contribution is -1.97. The molecule has 0 aliphatic carbocycles. The quantitative estimate of drug-likeness (QED) is 0.660. The van der Waals surface area contributed by atoms with Crippen LogP contribution in [0.2, 0.25) is 0 Å². The van der Waals surface area contributed by atoms with Gasteiger partial charge in [-0.2, -0.15) is 0 Å². The highest BCUT2D eigenvalue weighted by Gasteiger charge is 2.00. The number of hydrogen-bond donors (Lipinski definition) is 0. The molecule has 1 heterocycles. The molecule has 0 aliphatic rings. The molecular weight excluding hydrogens is 182 g/mol. The summed E-state index contributed by atoms with van der Waals surface area (Å²) in [5.41, 5.74) is 1.31. The van der Waals surface area contributed by atoms with Crippen LogP contribution in [0.4, 0.5) is 0 Å². The van der Waals surface area contributed by atoms with Gasteiger partial charge in [0.2, 0.25) is 0 Å². The molecule has 1 atom stereocenters. The second-order valence-electron chi connectivity index (χ2n) is 3.26. The fourth-order valence-electron chi connectivity index (χ4n) is 1.28. The predicted octanol–water partition coefficient (Wildman–Crippen LogP) is 3.42. The molecule has 0 N–H and O–H groups in total. The lowest BCUT2D eigenvalue weighted by atomic mass is 10.1. The monoisotopic (exact) mass is 197 g/mol. The second-order valence-corrected chi connectivity index (χ2v) is 3.88. The van der Waals surface area contributed by atoms with Gasteiger partial charge in [-0.05, 0) is 37.3 Å². The third-order valence-electron chi connectivity index (χ3n) is 2.15. The van der Waals surface area contributed by atoms with Crippen LogP contribution < -0.4 is 0 Å². The van der Waals surface area contributed by atoms with Gasteiger partial charge < -0.3 is 0 Å². The number of alkyl halides is 1. The van der Waals surface area contributed by atoms with E-state index in [4.69, 9.17) is 11.6 Å². The zero-order chi connectivity index (χ0) is 9.52. The van der Waals surface area contributed by atoms with E-state index in [1.54, 1.807) is 6.20 Å². The van der Waals surface area contributed by atoms with Crippen LogP contribution >= 0.6 is 11.6 Å². The summed E-state index contributed by atoms with van der Waals surface area (Å²) in [6.45, 7) is 2.13. The van der Waals surface area contributed by atoms with Crippen molar-refractivity contribution in [1.82, 2.24) is 4.98 Å². The zero-order valence-corrected chi connectivity index (χ0v) is 8.80. The summed E-state index contributed by atoms with van der Waals surface area (Å²) < 4.78 is 0. The van der Waals surface area contributed by atoms with Crippen LogP contribution in [-0.2, 0) is 6.42 Å². The van der Waals surface area contributed by atoms with Gasteiger partial charge in [0.1, 0.15) is 0 Å². The Morgan fingerprint density at radius 2 is 2.38 bits per heavy atom. The average molecular weight is 198 g/mol. The van der Waals surface area contributed by atoms with Gasteiger partial charge in [-0.1, -0.05) is 13.0 Å². The van der Waals surface area contributed by atoms with Crippen LogP contribution in [0.15, 0.2) is 24.5 Å². The Balaban J connectivity index is 2.20. The summed E-state index contributed by atoms with van der Waals surface area (Å²) >= 11 is 6.02. The minimum absolute atomic E-state index is 0.344. The van der Waals surface area contributed by atoms with Gasteiger partial charge in [0.15, 0.2) is 0 Å². The van der Waals surface area contributed by atoms with Crippen molar-refractivity contribution in [2.24, 2.45) is 0 Å². The summed E-state index contributed by atoms with van der Waals surface area (Å²) in [5, 5.41) is 0.344. The van der Waals surface area contributed by atoms with Crippen molar-refractivity contribution in [3.05, 3.63) is 30.1 Å². The summed E-state index contributed by atoms with van der Waals surface area (Å²) in [5.74, 6) is 0. The van der Waals surface area contributed by atoms with Crippen LogP contribution in [0.5, 0.6) is 0 Å². The molecule has 0 spiro atoms. The van der Waals surface area contributed by atoms with Crippen LogP contribution in [0, 0.1) is 0 Å². The Morgan fingerprint density at radius 1 is 1.54 bits per heavy atom. The smallest absolute Gasteiger partial charge is 0.0333 e. The van der Waals surface area contributed by atoms with E-state index in [-0.39, 0.29) is 0 Å². The molecule has 0 bridgehead atoms. The lowest BCUT2D eigenvalue weighted by Gasteiger charge is -2.05. The van der Waals surface area contributed by atoms with E-state index in [1.807, 2.05) is 12.3 Å². The van der Waals surface area contributed by atoms with E-state index in [9.17, 15) is 0 Å². The number of hydrogen-bond acceptors (Lipinski definition) is 1. The van der Waals surface area contributed by atoms with Crippen molar-refractivity contribution < 1.29 is 0 Å². The van der Waals surface area contributed by atoms with Gasteiger partial charge in [0.05, 0.1) is 0 Å². The number of nitrogens with zero attached hydrogens (tertiary/aromatic N) is 1. The highest BCUT2D eigenvalue weighted by molar-refractivity contribution is 6.20. The molecule has 0 saturated carbocycles. The molecule has 1 nitrogen and oxygen atoms in total. The van der Waals surface area contributed by atoms with E-state index in [0.717, 1.165) is 25.7 Å². The Hall–Kier alpha value is -0.560. The molecule has 13 heavy (non-hydrogen) atoms. The standard InChI is InChI=1S/C11H16ClN/c1-2-11(12)7-3-5-10-6-4-8-13-9-10/h4,6,8-9,11H,2-3,5,7H2,1H3. The van der Waals surface area contributed by atoms with Gasteiger partial charge in [-0.3, -0.25) is 4.98 Å². The van der Waals surface area contributed by atoms with Gasteiger partial charge in [-0.15, -0.1) is 11.6 Å². The van der Waals surface area contributed by atoms with Gasteiger partial charge in [0.25, 0.3) is 0 Å². The third kappa shape index (κ3) is 4.28. The third-order valence-corrected chi connectivity index (χ3v) is 2.68. The highest BCUT2D eigenvalue weighted by Crippen LogP contribution is 2.11. The minimum atomic E-state index is 0.344. The normalized spacial score (nSPS) is 12.8. The fourth-order valence-corrected chi connectivity index (χ4v) is 1.43. The Labute approximate surface area is 85.1 Å². The average Bonchev–Trinajstić information content (AvgIpc) is 2.19. The number of aromatic nitrogens is 1. The van der Waals surface area contributed by atoms with Gasteiger partial charge in [-0.25, -0.2) is 0 Å². The van der Waals surface area contributed by atoms with E-state index in [1.165, 1.54) is 5.56 Å². The molecule has 72 valence electrons. The number of pyridine rings is 1. The predicted molar refractivity (Wildman–Crippen MR) is 57.1 cm³/mol. The van der Waals surface area contributed by atoms with Crippen molar-refractivity contribution in [3.63, 3.8) is 0 Å². The molecule has 1 aromatic heterocycles. The van der Waals surface area contributed by atoms with Crippen LogP contribution in [0.1, 0.15) is 31.7 Å². The van der Waals surface area contributed by atoms with Crippen molar-refractivity contribution in [2.45, 2.75) is 38.0 Å². The van der Waals surface area contributed by atoms with E-state index in [0.29, 0.717) is 5.38 Å². The molecular formula is C11H16ClN. The summed E-state index contributed by atoms with van der Waals surface area (Å²) in [7, 11) is 0. The molecule has 1 aromatic rings. The first kappa shape index (κ1) is 10.5. The highest BCUT2D eigenvalue weighted by atomic mass is 35.5. The van der Waals surface area contributed by atoms with Crippen molar-refractivity contribution in [3.8, 4) is 0 Å². The topological polar surface area (TPSA) is 12.9 Å². The summed E-state index contributed by atoms with van der Waals surface area (Å²) in [6.07, 6.45) is 8.15. The SMILES string of the molecule is CCC(Cl)CCCc1cccnc1. The molecule has 1 unspecified atom stereocenters. The first-order chi connectivity index (χ1) is 6.33. The minimum Gasteiger partial charge on any atom is -0.264 e. The second kappa shape index (κ2) is 5.98. The van der Waals surface area contributed by atoms with Gasteiger partial charge >= 0.3 is 0 Å². The van der Waals surface area contributed by atoms with Crippen LogP contribution in [0.3, 0.4) is 0 Å². The Bertz CT molecular complexity index is 223. The Morgan fingerprint density at radius 3 is 3.00 bits per heavy atom. The van der Waals surface area contributed by atoms with Crippen molar-refractivity contribution in [1.29, 1.82) is 0 Å². The Kier molecular flexibility index (Phi) is 4.84. The molecule has 0 saturated heterocycles. The number of halogens is 1. The molecule has 0 amide bonds. The van der Waals surface area contributed by atoms with Crippen molar-refractivity contribution in [2.75, 3.05) is 0 Å². The van der Waals surface area contributed by atoms with Gasteiger partial charge in [0, 0.05) is 17.8 Å². The lowest BCUT2D eigenvalue weighted by molar-refractivity contribution is 0.674. The van der Waals surface area contributed by atoms with Crippen molar-refractivity contribution >= 4 is 11.6 Å². The summed E-state index contributed by atoms with van der Waals surface area (Å²) in [6, 6.07) is 4.09. The first-order valence-corrected chi connectivity index (χ1v) is 5.29. The molecule has 1 rings (SSSR count). The zero-order valence-electron chi connectivity index (χ0n) is 8.04. The number of aryl methyl sites for hydroxylation is 1. The summed E-state index contributed by atoms with van der Waals surface area (Å²) in [4.78, 5) is 4.07.